The molecule has 4 rings (SSSR count). The SMILES string of the molecule is CC1=C(C(=O)N2CCCCC2)C(c2ccc(F)cc2)n2ncnc2N1. The Hall–Kier alpha value is -2.70. The summed E-state index contributed by atoms with van der Waals surface area (Å²) in [4.78, 5) is 19.4. The van der Waals surface area contributed by atoms with E-state index in [9.17, 15) is 9.18 Å². The Morgan fingerprint density at radius 2 is 1.92 bits per heavy atom. The van der Waals surface area contributed by atoms with Crippen LogP contribution in [0.15, 0.2) is 41.9 Å². The number of carbonyl (C=O) groups is 1. The number of nitrogens with zero attached hydrogens (tertiary/aromatic N) is 4. The predicted molar refractivity (Wildman–Crippen MR) is 91.3 cm³/mol. The number of nitrogens with one attached hydrogen (secondary N) is 1. The number of hydrogen-bond acceptors (Lipinski definition) is 4. The number of carbonyl (C=O) groups excluding carboxylic acids is 1. The fourth-order valence-electron chi connectivity index (χ4n) is 3.59. The Morgan fingerprint density at radius 1 is 1.20 bits per heavy atom. The van der Waals surface area contributed by atoms with Gasteiger partial charge in [-0.25, -0.2) is 9.07 Å². The van der Waals surface area contributed by atoms with E-state index in [1.54, 1.807) is 16.8 Å². The van der Waals surface area contributed by atoms with Gasteiger partial charge in [-0.3, -0.25) is 4.79 Å². The van der Waals surface area contributed by atoms with E-state index in [1.165, 1.54) is 18.5 Å². The molecule has 2 aliphatic heterocycles. The van der Waals surface area contributed by atoms with Gasteiger partial charge in [0.05, 0.1) is 5.57 Å². The lowest BCUT2D eigenvalue weighted by Gasteiger charge is -2.33. The van der Waals surface area contributed by atoms with Crippen LogP contribution in [-0.4, -0.2) is 38.7 Å². The minimum Gasteiger partial charge on any atom is -0.339 e. The quantitative estimate of drug-likeness (QED) is 0.912. The van der Waals surface area contributed by atoms with E-state index in [-0.39, 0.29) is 11.7 Å². The Labute approximate surface area is 145 Å². The van der Waals surface area contributed by atoms with Gasteiger partial charge in [0.25, 0.3) is 5.91 Å². The molecule has 3 heterocycles. The normalized spacial score (nSPS) is 20.2. The summed E-state index contributed by atoms with van der Waals surface area (Å²) in [6, 6.07) is 5.81. The van der Waals surface area contributed by atoms with Crippen molar-refractivity contribution in [1.82, 2.24) is 19.7 Å². The topological polar surface area (TPSA) is 63.1 Å². The van der Waals surface area contributed by atoms with Gasteiger partial charge in [-0.15, -0.1) is 0 Å². The summed E-state index contributed by atoms with van der Waals surface area (Å²) < 4.78 is 15.1. The number of aromatic nitrogens is 3. The van der Waals surface area contributed by atoms with Gasteiger partial charge in [0.15, 0.2) is 0 Å². The molecule has 130 valence electrons. The van der Waals surface area contributed by atoms with Crippen molar-refractivity contribution < 1.29 is 9.18 Å². The van der Waals surface area contributed by atoms with Crippen LogP contribution < -0.4 is 5.32 Å². The zero-order chi connectivity index (χ0) is 17.4. The third-order valence-corrected chi connectivity index (χ3v) is 4.85. The summed E-state index contributed by atoms with van der Waals surface area (Å²) in [6.07, 6.45) is 4.68. The summed E-state index contributed by atoms with van der Waals surface area (Å²) in [5.74, 6) is 0.295. The zero-order valence-electron chi connectivity index (χ0n) is 14.1. The molecule has 1 atom stereocenters. The van der Waals surface area contributed by atoms with Crippen molar-refractivity contribution >= 4 is 11.9 Å². The Kier molecular flexibility index (Phi) is 3.99. The number of piperidine rings is 1. The third-order valence-electron chi connectivity index (χ3n) is 4.85. The van der Waals surface area contributed by atoms with Gasteiger partial charge in [0.2, 0.25) is 5.95 Å². The van der Waals surface area contributed by atoms with Crippen LogP contribution in [0.1, 0.15) is 37.8 Å². The molecule has 1 unspecified atom stereocenters. The van der Waals surface area contributed by atoms with Gasteiger partial charge < -0.3 is 10.2 Å². The maximum Gasteiger partial charge on any atom is 0.254 e. The molecule has 2 aromatic rings. The lowest BCUT2D eigenvalue weighted by molar-refractivity contribution is -0.128. The summed E-state index contributed by atoms with van der Waals surface area (Å²) in [6.45, 7) is 3.43. The van der Waals surface area contributed by atoms with Crippen molar-refractivity contribution in [3.8, 4) is 0 Å². The predicted octanol–water partition coefficient (Wildman–Crippen LogP) is 2.72. The number of hydrogen-bond donors (Lipinski definition) is 1. The maximum atomic E-state index is 13.4. The van der Waals surface area contributed by atoms with Crippen LogP contribution in [0, 0.1) is 5.82 Å². The highest BCUT2D eigenvalue weighted by Crippen LogP contribution is 2.35. The zero-order valence-corrected chi connectivity index (χ0v) is 14.1. The minimum atomic E-state index is -0.409. The number of fused-ring (bicyclic) bond motifs is 1. The van der Waals surface area contributed by atoms with E-state index in [4.69, 9.17) is 0 Å². The molecule has 0 saturated carbocycles. The molecule has 0 spiro atoms. The Balaban J connectivity index is 1.78. The third kappa shape index (κ3) is 2.79. The van der Waals surface area contributed by atoms with E-state index >= 15 is 0 Å². The molecule has 1 aromatic carbocycles. The molecule has 0 aliphatic carbocycles. The van der Waals surface area contributed by atoms with E-state index in [0.717, 1.165) is 43.6 Å². The van der Waals surface area contributed by atoms with Crippen molar-refractivity contribution in [2.24, 2.45) is 0 Å². The lowest BCUT2D eigenvalue weighted by atomic mass is 9.94. The second kappa shape index (κ2) is 6.31. The smallest absolute Gasteiger partial charge is 0.254 e. The van der Waals surface area contributed by atoms with Gasteiger partial charge in [0.1, 0.15) is 18.2 Å². The molecule has 0 radical (unpaired) electrons. The summed E-state index contributed by atoms with van der Waals surface area (Å²) in [5.41, 5.74) is 2.23. The first kappa shape index (κ1) is 15.8. The van der Waals surface area contributed by atoms with E-state index in [2.05, 4.69) is 15.4 Å². The van der Waals surface area contributed by atoms with Crippen LogP contribution in [0.2, 0.25) is 0 Å². The van der Waals surface area contributed by atoms with Crippen molar-refractivity contribution in [3.05, 3.63) is 53.2 Å². The molecular formula is C18H20FN5O. The van der Waals surface area contributed by atoms with Gasteiger partial charge in [-0.1, -0.05) is 12.1 Å². The molecule has 1 amide bonds. The summed E-state index contributed by atoms with van der Waals surface area (Å²) in [5, 5.41) is 7.46. The van der Waals surface area contributed by atoms with Gasteiger partial charge >= 0.3 is 0 Å². The van der Waals surface area contributed by atoms with E-state index in [1.807, 2.05) is 11.8 Å². The summed E-state index contributed by atoms with van der Waals surface area (Å²) in [7, 11) is 0. The first-order chi connectivity index (χ1) is 12.1. The first-order valence-electron chi connectivity index (χ1n) is 8.57. The van der Waals surface area contributed by atoms with Gasteiger partial charge in [-0.05, 0) is 43.9 Å². The number of benzene rings is 1. The van der Waals surface area contributed by atoms with Crippen LogP contribution in [-0.2, 0) is 4.79 Å². The number of rotatable bonds is 2. The molecule has 7 heteroatoms. The lowest BCUT2D eigenvalue weighted by Crippen LogP contribution is -2.41. The molecule has 25 heavy (non-hydrogen) atoms. The second-order valence-electron chi connectivity index (χ2n) is 6.50. The molecule has 6 nitrogen and oxygen atoms in total. The molecule has 1 N–H and O–H groups in total. The van der Waals surface area contributed by atoms with Crippen LogP contribution in [0.4, 0.5) is 10.3 Å². The maximum absolute atomic E-state index is 13.4. The van der Waals surface area contributed by atoms with Crippen LogP contribution in [0.25, 0.3) is 0 Å². The molecule has 1 fully saturated rings. The van der Waals surface area contributed by atoms with E-state index in [0.29, 0.717) is 11.5 Å². The molecule has 2 aliphatic rings. The molecule has 0 bridgehead atoms. The summed E-state index contributed by atoms with van der Waals surface area (Å²) >= 11 is 0. The highest BCUT2D eigenvalue weighted by atomic mass is 19.1. The monoisotopic (exact) mass is 341 g/mol. The average Bonchev–Trinajstić information content (AvgIpc) is 3.09. The van der Waals surface area contributed by atoms with Crippen LogP contribution in [0.3, 0.4) is 0 Å². The number of amides is 1. The van der Waals surface area contributed by atoms with Crippen LogP contribution >= 0.6 is 0 Å². The van der Waals surface area contributed by atoms with Crippen molar-refractivity contribution in [3.63, 3.8) is 0 Å². The number of anilines is 1. The Bertz CT molecular complexity index is 820. The highest BCUT2D eigenvalue weighted by Gasteiger charge is 2.35. The number of halogens is 1. The molecule has 1 aromatic heterocycles. The minimum absolute atomic E-state index is 0.0141. The largest absolute Gasteiger partial charge is 0.339 e. The second-order valence-corrected chi connectivity index (χ2v) is 6.50. The average molecular weight is 341 g/mol. The molecule has 1 saturated heterocycles. The highest BCUT2D eigenvalue weighted by molar-refractivity contribution is 5.96. The number of allylic oxidation sites excluding steroid dienone is 1. The first-order valence-corrected chi connectivity index (χ1v) is 8.57. The standard InChI is InChI=1S/C18H20FN5O/c1-12-15(17(25)23-9-3-2-4-10-23)16(13-5-7-14(19)8-6-13)24-18(22-12)20-11-21-24/h5-8,11,16H,2-4,9-10H2,1H3,(H,20,21,22). The molecular weight excluding hydrogens is 321 g/mol. The van der Waals surface area contributed by atoms with Crippen molar-refractivity contribution in [2.75, 3.05) is 18.4 Å². The number of likely N-dealkylation sites (tertiary alicyclic amines) is 1. The Morgan fingerprint density at radius 3 is 2.64 bits per heavy atom. The van der Waals surface area contributed by atoms with Crippen molar-refractivity contribution in [2.45, 2.75) is 32.2 Å². The fourth-order valence-corrected chi connectivity index (χ4v) is 3.59. The van der Waals surface area contributed by atoms with Crippen LogP contribution in [0.5, 0.6) is 0 Å². The van der Waals surface area contributed by atoms with Crippen molar-refractivity contribution in [1.29, 1.82) is 0 Å². The van der Waals surface area contributed by atoms with E-state index < -0.39 is 6.04 Å². The fraction of sp³-hybridized carbons (Fsp3) is 0.389. The van der Waals surface area contributed by atoms with Gasteiger partial charge in [0, 0.05) is 18.8 Å². The van der Waals surface area contributed by atoms with Gasteiger partial charge in [-0.2, -0.15) is 10.1 Å².